The van der Waals surface area contributed by atoms with Crippen LogP contribution in [0, 0.1) is 0 Å². The van der Waals surface area contributed by atoms with Gasteiger partial charge in [0.15, 0.2) is 11.6 Å². The fourth-order valence-corrected chi connectivity index (χ4v) is 1.57. The first-order valence-electron chi connectivity index (χ1n) is 6.34. The molecule has 2 aromatic rings. The minimum atomic E-state index is 0.315. The molecule has 2 heterocycles. The molecule has 0 aromatic carbocycles. The number of nitrogens with two attached hydrogens (primary N) is 1. The van der Waals surface area contributed by atoms with E-state index in [2.05, 4.69) is 34.4 Å². The third kappa shape index (κ3) is 3.37. The molecule has 0 aliphatic rings. The zero-order valence-electron chi connectivity index (χ0n) is 11.2. The van der Waals surface area contributed by atoms with Crippen molar-refractivity contribution in [3.8, 4) is 0 Å². The molecule has 102 valence electrons. The molecular formula is C13H19N5O. The number of hydrogen-bond acceptors (Lipinski definition) is 6. The zero-order chi connectivity index (χ0) is 13.7. The van der Waals surface area contributed by atoms with Crippen LogP contribution in [0.5, 0.6) is 0 Å². The Morgan fingerprint density at radius 3 is 2.84 bits per heavy atom. The van der Waals surface area contributed by atoms with E-state index in [9.17, 15) is 0 Å². The highest BCUT2D eigenvalue weighted by molar-refractivity contribution is 5.74. The molecule has 19 heavy (non-hydrogen) atoms. The van der Waals surface area contributed by atoms with Gasteiger partial charge in [0.25, 0.3) is 0 Å². The fourth-order valence-electron chi connectivity index (χ4n) is 1.57. The maximum Gasteiger partial charge on any atom is 0.155 e. The lowest BCUT2D eigenvalue weighted by Gasteiger charge is -2.15. The zero-order valence-corrected chi connectivity index (χ0v) is 11.2. The molecular weight excluding hydrogens is 242 g/mol. The van der Waals surface area contributed by atoms with E-state index in [0.29, 0.717) is 29.9 Å². The van der Waals surface area contributed by atoms with Crippen molar-refractivity contribution in [2.24, 2.45) is 0 Å². The largest absolute Gasteiger partial charge is 0.467 e. The molecule has 1 unspecified atom stereocenters. The van der Waals surface area contributed by atoms with Gasteiger partial charge in [-0.2, -0.15) is 0 Å². The van der Waals surface area contributed by atoms with E-state index in [1.54, 1.807) is 6.26 Å². The summed E-state index contributed by atoms with van der Waals surface area (Å²) in [5.74, 6) is 2.10. The predicted molar refractivity (Wildman–Crippen MR) is 75.9 cm³/mol. The number of aromatic nitrogens is 2. The summed E-state index contributed by atoms with van der Waals surface area (Å²) in [6, 6.07) is 4.05. The minimum absolute atomic E-state index is 0.315. The summed E-state index contributed by atoms with van der Waals surface area (Å²) in [5.41, 5.74) is 6.57. The van der Waals surface area contributed by atoms with Crippen LogP contribution in [0.1, 0.15) is 26.0 Å². The van der Waals surface area contributed by atoms with Crippen molar-refractivity contribution in [1.29, 1.82) is 0 Å². The number of nitrogen functional groups attached to an aromatic ring is 1. The van der Waals surface area contributed by atoms with Gasteiger partial charge in [0.05, 0.1) is 12.8 Å². The SMILES string of the molecule is CCC(C)Nc1ncnc(NCc2ccco2)c1N. The van der Waals surface area contributed by atoms with E-state index in [4.69, 9.17) is 10.2 Å². The van der Waals surface area contributed by atoms with Gasteiger partial charge in [-0.3, -0.25) is 0 Å². The summed E-state index contributed by atoms with van der Waals surface area (Å²) >= 11 is 0. The lowest BCUT2D eigenvalue weighted by atomic mass is 10.2. The van der Waals surface area contributed by atoms with Gasteiger partial charge in [-0.05, 0) is 25.5 Å². The van der Waals surface area contributed by atoms with Gasteiger partial charge in [-0.25, -0.2) is 9.97 Å². The Morgan fingerprint density at radius 2 is 2.16 bits per heavy atom. The maximum atomic E-state index is 6.05. The van der Waals surface area contributed by atoms with Crippen molar-refractivity contribution >= 4 is 17.3 Å². The van der Waals surface area contributed by atoms with Crippen LogP contribution in [0.2, 0.25) is 0 Å². The van der Waals surface area contributed by atoms with Gasteiger partial charge in [0.2, 0.25) is 0 Å². The molecule has 0 fully saturated rings. The summed E-state index contributed by atoms with van der Waals surface area (Å²) in [7, 11) is 0. The number of nitrogens with one attached hydrogen (secondary N) is 2. The standard InChI is InChI=1S/C13H19N5O/c1-3-9(2)18-13-11(14)12(16-8-17-13)15-7-10-5-4-6-19-10/h4-6,8-9H,3,7,14H2,1-2H3,(H2,15,16,17,18). The molecule has 0 spiro atoms. The monoisotopic (exact) mass is 261 g/mol. The molecule has 0 saturated heterocycles. The van der Waals surface area contributed by atoms with Crippen molar-refractivity contribution in [3.63, 3.8) is 0 Å². The molecule has 2 aromatic heterocycles. The molecule has 0 bridgehead atoms. The van der Waals surface area contributed by atoms with Crippen molar-refractivity contribution in [2.45, 2.75) is 32.9 Å². The topological polar surface area (TPSA) is 89.0 Å². The van der Waals surface area contributed by atoms with E-state index < -0.39 is 0 Å². The third-order valence-corrected chi connectivity index (χ3v) is 2.89. The number of furan rings is 1. The van der Waals surface area contributed by atoms with Crippen molar-refractivity contribution in [3.05, 3.63) is 30.5 Å². The number of hydrogen-bond donors (Lipinski definition) is 3. The Bertz CT molecular complexity index is 512. The first-order valence-corrected chi connectivity index (χ1v) is 6.34. The molecule has 4 N–H and O–H groups in total. The Hall–Kier alpha value is -2.24. The first kappa shape index (κ1) is 13.2. The van der Waals surface area contributed by atoms with E-state index in [0.717, 1.165) is 12.2 Å². The second-order valence-electron chi connectivity index (χ2n) is 4.37. The highest BCUT2D eigenvalue weighted by Gasteiger charge is 2.09. The summed E-state index contributed by atoms with van der Waals surface area (Å²) in [6.45, 7) is 4.72. The van der Waals surface area contributed by atoms with Crippen molar-refractivity contribution in [2.75, 3.05) is 16.4 Å². The van der Waals surface area contributed by atoms with Gasteiger partial charge in [-0.1, -0.05) is 6.92 Å². The van der Waals surface area contributed by atoms with Gasteiger partial charge in [0, 0.05) is 6.04 Å². The van der Waals surface area contributed by atoms with Crippen LogP contribution in [0.25, 0.3) is 0 Å². The number of nitrogens with zero attached hydrogens (tertiary/aromatic N) is 2. The lowest BCUT2D eigenvalue weighted by Crippen LogP contribution is -2.17. The molecule has 6 nitrogen and oxygen atoms in total. The Morgan fingerprint density at radius 1 is 1.37 bits per heavy atom. The summed E-state index contributed by atoms with van der Waals surface area (Å²) < 4.78 is 5.24. The summed E-state index contributed by atoms with van der Waals surface area (Å²) in [4.78, 5) is 8.30. The highest BCUT2D eigenvalue weighted by atomic mass is 16.3. The molecule has 0 aliphatic heterocycles. The van der Waals surface area contributed by atoms with E-state index in [1.807, 2.05) is 12.1 Å². The van der Waals surface area contributed by atoms with Crippen LogP contribution in [-0.2, 0) is 6.54 Å². The van der Waals surface area contributed by atoms with E-state index >= 15 is 0 Å². The Kier molecular flexibility index (Phi) is 4.22. The van der Waals surface area contributed by atoms with Crippen LogP contribution in [0.15, 0.2) is 29.1 Å². The predicted octanol–water partition coefficient (Wildman–Crippen LogP) is 2.47. The van der Waals surface area contributed by atoms with Crippen molar-refractivity contribution < 1.29 is 4.42 Å². The first-order chi connectivity index (χ1) is 9.20. The van der Waals surface area contributed by atoms with Crippen molar-refractivity contribution in [1.82, 2.24) is 9.97 Å². The second-order valence-corrected chi connectivity index (χ2v) is 4.37. The quantitative estimate of drug-likeness (QED) is 0.740. The van der Waals surface area contributed by atoms with Crippen LogP contribution in [0.4, 0.5) is 17.3 Å². The second kappa shape index (κ2) is 6.08. The summed E-state index contributed by atoms with van der Waals surface area (Å²) in [6.07, 6.45) is 4.13. The van der Waals surface area contributed by atoms with Crippen LogP contribution in [-0.4, -0.2) is 16.0 Å². The van der Waals surface area contributed by atoms with E-state index in [-0.39, 0.29) is 0 Å². The Balaban J connectivity index is 2.06. The molecule has 2 rings (SSSR count). The fraction of sp³-hybridized carbons (Fsp3) is 0.385. The maximum absolute atomic E-state index is 6.05. The third-order valence-electron chi connectivity index (χ3n) is 2.89. The highest BCUT2D eigenvalue weighted by Crippen LogP contribution is 2.23. The van der Waals surface area contributed by atoms with Gasteiger partial charge >= 0.3 is 0 Å². The molecule has 0 saturated carbocycles. The lowest BCUT2D eigenvalue weighted by molar-refractivity contribution is 0.518. The van der Waals surface area contributed by atoms with Crippen LogP contribution in [0.3, 0.4) is 0 Å². The van der Waals surface area contributed by atoms with Gasteiger partial charge < -0.3 is 20.8 Å². The molecule has 6 heteroatoms. The molecule has 1 atom stereocenters. The van der Waals surface area contributed by atoms with Gasteiger partial charge in [-0.15, -0.1) is 0 Å². The normalized spacial score (nSPS) is 12.1. The van der Waals surface area contributed by atoms with Crippen LogP contribution >= 0.6 is 0 Å². The minimum Gasteiger partial charge on any atom is -0.467 e. The Labute approximate surface area is 112 Å². The summed E-state index contributed by atoms with van der Waals surface area (Å²) in [5, 5.41) is 6.39. The molecule has 0 amide bonds. The van der Waals surface area contributed by atoms with Crippen LogP contribution < -0.4 is 16.4 Å². The molecule has 0 aliphatic carbocycles. The molecule has 0 radical (unpaired) electrons. The smallest absolute Gasteiger partial charge is 0.155 e. The average molecular weight is 261 g/mol. The number of anilines is 3. The average Bonchev–Trinajstić information content (AvgIpc) is 2.93. The van der Waals surface area contributed by atoms with Gasteiger partial charge in [0.1, 0.15) is 17.8 Å². The van der Waals surface area contributed by atoms with E-state index in [1.165, 1.54) is 6.33 Å². The number of rotatable bonds is 6.